The summed E-state index contributed by atoms with van der Waals surface area (Å²) in [6, 6.07) is 7.38. The van der Waals surface area contributed by atoms with Crippen LogP contribution in [0.5, 0.6) is 5.75 Å². The second kappa shape index (κ2) is 19.1. The summed E-state index contributed by atoms with van der Waals surface area (Å²) >= 11 is 0. The molecule has 1 rings (SSSR count). The maximum absolute atomic E-state index is 11.9. The molecule has 1 aromatic carbocycles. The molecule has 2 amide bonds. The lowest BCUT2D eigenvalue weighted by atomic mass is 10.1. The van der Waals surface area contributed by atoms with Crippen molar-refractivity contribution >= 4 is 18.0 Å². The molecule has 178 valence electrons. The van der Waals surface area contributed by atoms with Crippen molar-refractivity contribution in [2.45, 2.75) is 84.0 Å². The minimum absolute atomic E-state index is 0.0805. The largest absolute Gasteiger partial charge is 0.489 e. The number of hydrazone groups is 1. The number of ether oxygens (including phenoxy) is 1. The summed E-state index contributed by atoms with van der Waals surface area (Å²) in [6.07, 6.45) is 17.4. The minimum Gasteiger partial charge on any atom is -0.489 e. The zero-order valence-electron chi connectivity index (χ0n) is 19.7. The predicted octanol–water partition coefficient (Wildman–Crippen LogP) is 5.52. The van der Waals surface area contributed by atoms with E-state index >= 15 is 0 Å². The van der Waals surface area contributed by atoms with Gasteiger partial charge in [-0.15, -0.1) is 0 Å². The standard InChI is InChI=1S/C26H41N3O3/c1-3-5-6-7-8-9-10-11-12-13-14-19-25(30)27-22-26(31)29-28-21-23-17-15-16-18-24(23)32-20-4-2/h4,15-18,21H,2-3,5-14,19-20,22H2,1H3,(H,27,30)(H,29,31)/b28-21-. The van der Waals surface area contributed by atoms with Gasteiger partial charge in [-0.3, -0.25) is 9.59 Å². The van der Waals surface area contributed by atoms with E-state index in [-0.39, 0.29) is 18.4 Å². The van der Waals surface area contributed by atoms with E-state index in [1.807, 2.05) is 24.3 Å². The zero-order chi connectivity index (χ0) is 23.3. The first-order valence-corrected chi connectivity index (χ1v) is 12.1. The summed E-state index contributed by atoms with van der Waals surface area (Å²) < 4.78 is 5.54. The number of para-hydroxylation sites is 1. The van der Waals surface area contributed by atoms with E-state index < -0.39 is 0 Å². The highest BCUT2D eigenvalue weighted by Gasteiger charge is 2.05. The Morgan fingerprint density at radius 2 is 1.56 bits per heavy atom. The van der Waals surface area contributed by atoms with E-state index in [9.17, 15) is 9.59 Å². The van der Waals surface area contributed by atoms with Gasteiger partial charge in [0.05, 0.1) is 12.8 Å². The Balaban J connectivity index is 2.07. The van der Waals surface area contributed by atoms with Crippen LogP contribution in [0.2, 0.25) is 0 Å². The van der Waals surface area contributed by atoms with Crippen LogP contribution in [0, 0.1) is 0 Å². The molecule has 0 atom stereocenters. The Morgan fingerprint density at radius 3 is 2.22 bits per heavy atom. The lowest BCUT2D eigenvalue weighted by molar-refractivity contribution is -0.126. The molecule has 0 unspecified atom stereocenters. The van der Waals surface area contributed by atoms with Crippen molar-refractivity contribution in [3.63, 3.8) is 0 Å². The van der Waals surface area contributed by atoms with Gasteiger partial charge in [-0.1, -0.05) is 95.9 Å². The molecule has 1 aromatic rings. The van der Waals surface area contributed by atoms with Crippen LogP contribution < -0.4 is 15.5 Å². The molecule has 0 radical (unpaired) electrons. The van der Waals surface area contributed by atoms with Crippen LogP contribution in [0.25, 0.3) is 0 Å². The van der Waals surface area contributed by atoms with Crippen LogP contribution in [0.15, 0.2) is 42.0 Å². The summed E-state index contributed by atoms with van der Waals surface area (Å²) in [6.45, 7) is 6.18. The van der Waals surface area contributed by atoms with E-state index in [2.05, 4.69) is 29.3 Å². The molecule has 0 fully saturated rings. The molecule has 32 heavy (non-hydrogen) atoms. The summed E-state index contributed by atoms with van der Waals surface area (Å²) in [5.41, 5.74) is 3.17. The van der Waals surface area contributed by atoms with Gasteiger partial charge in [-0.25, -0.2) is 5.43 Å². The van der Waals surface area contributed by atoms with Gasteiger partial charge in [0.15, 0.2) is 0 Å². The van der Waals surface area contributed by atoms with Crippen molar-refractivity contribution in [1.82, 2.24) is 10.7 Å². The lowest BCUT2D eigenvalue weighted by Crippen LogP contribution is -2.34. The van der Waals surface area contributed by atoms with Crippen LogP contribution in [0.3, 0.4) is 0 Å². The third-order valence-corrected chi connectivity index (χ3v) is 5.12. The van der Waals surface area contributed by atoms with E-state index in [4.69, 9.17) is 4.74 Å². The van der Waals surface area contributed by atoms with Crippen molar-refractivity contribution in [1.29, 1.82) is 0 Å². The van der Waals surface area contributed by atoms with E-state index in [0.717, 1.165) is 18.4 Å². The maximum atomic E-state index is 11.9. The number of nitrogens with zero attached hydrogens (tertiary/aromatic N) is 1. The fourth-order valence-electron chi connectivity index (χ4n) is 3.30. The van der Waals surface area contributed by atoms with Gasteiger partial charge in [-0.2, -0.15) is 5.10 Å². The Hall–Kier alpha value is -2.63. The molecule has 6 nitrogen and oxygen atoms in total. The van der Waals surface area contributed by atoms with Crippen LogP contribution >= 0.6 is 0 Å². The second-order valence-electron chi connectivity index (χ2n) is 7.99. The third-order valence-electron chi connectivity index (χ3n) is 5.12. The number of carbonyl (C=O) groups is 2. The quantitative estimate of drug-likeness (QED) is 0.128. The molecule has 0 aliphatic carbocycles. The normalized spacial score (nSPS) is 10.8. The minimum atomic E-state index is -0.363. The van der Waals surface area contributed by atoms with Crippen LogP contribution in [-0.4, -0.2) is 31.2 Å². The SMILES string of the molecule is C=CCOc1ccccc1/C=N\NC(=O)CNC(=O)CCCCCCCCCCCCC. The number of benzene rings is 1. The van der Waals surface area contributed by atoms with Crippen LogP contribution in [0.4, 0.5) is 0 Å². The van der Waals surface area contributed by atoms with Crippen LogP contribution in [-0.2, 0) is 9.59 Å². The third kappa shape index (κ3) is 14.4. The predicted molar refractivity (Wildman–Crippen MR) is 132 cm³/mol. The lowest BCUT2D eigenvalue weighted by Gasteiger charge is -2.06. The van der Waals surface area contributed by atoms with E-state index in [1.165, 1.54) is 64.0 Å². The molecule has 0 spiro atoms. The van der Waals surface area contributed by atoms with Crippen molar-refractivity contribution < 1.29 is 14.3 Å². The van der Waals surface area contributed by atoms with Gasteiger partial charge in [0.2, 0.25) is 5.91 Å². The number of nitrogens with one attached hydrogen (secondary N) is 2. The molecule has 2 N–H and O–H groups in total. The molecule has 0 saturated heterocycles. The fraction of sp³-hybridized carbons (Fsp3) is 0.577. The Kier molecular flexibility index (Phi) is 16.3. The summed E-state index contributed by atoms with van der Waals surface area (Å²) in [5, 5.41) is 6.58. The number of rotatable bonds is 19. The van der Waals surface area contributed by atoms with Gasteiger partial charge < -0.3 is 10.1 Å². The molecule has 0 aliphatic rings. The second-order valence-corrected chi connectivity index (χ2v) is 7.99. The summed E-state index contributed by atoms with van der Waals surface area (Å²) in [7, 11) is 0. The molecule has 0 saturated carbocycles. The first-order chi connectivity index (χ1) is 15.7. The van der Waals surface area contributed by atoms with Gasteiger partial charge in [0, 0.05) is 12.0 Å². The Labute approximate surface area is 193 Å². The molecule has 0 aromatic heterocycles. The first kappa shape index (κ1) is 27.4. The van der Waals surface area contributed by atoms with E-state index in [0.29, 0.717) is 18.8 Å². The Bertz CT molecular complexity index is 689. The molecular formula is C26H41N3O3. The van der Waals surface area contributed by atoms with Gasteiger partial charge in [0.1, 0.15) is 12.4 Å². The fourth-order valence-corrected chi connectivity index (χ4v) is 3.30. The molecule has 0 aliphatic heterocycles. The monoisotopic (exact) mass is 443 g/mol. The average molecular weight is 444 g/mol. The number of hydrogen-bond acceptors (Lipinski definition) is 4. The molecule has 0 bridgehead atoms. The summed E-state index contributed by atoms with van der Waals surface area (Å²) in [5.74, 6) is 0.201. The van der Waals surface area contributed by atoms with Gasteiger partial charge in [-0.05, 0) is 18.6 Å². The van der Waals surface area contributed by atoms with Crippen molar-refractivity contribution in [2.24, 2.45) is 5.10 Å². The van der Waals surface area contributed by atoms with Crippen molar-refractivity contribution in [3.05, 3.63) is 42.5 Å². The summed E-state index contributed by atoms with van der Waals surface area (Å²) in [4.78, 5) is 23.8. The Morgan fingerprint density at radius 1 is 0.938 bits per heavy atom. The number of amides is 2. The average Bonchev–Trinajstić information content (AvgIpc) is 2.80. The molecule has 0 heterocycles. The highest BCUT2D eigenvalue weighted by atomic mass is 16.5. The number of carbonyl (C=O) groups excluding carboxylic acids is 2. The van der Waals surface area contributed by atoms with Gasteiger partial charge >= 0.3 is 0 Å². The zero-order valence-corrected chi connectivity index (χ0v) is 19.7. The van der Waals surface area contributed by atoms with Crippen LogP contribution in [0.1, 0.15) is 89.5 Å². The van der Waals surface area contributed by atoms with Crippen molar-refractivity contribution in [3.8, 4) is 5.75 Å². The number of hydrogen-bond donors (Lipinski definition) is 2. The highest BCUT2D eigenvalue weighted by molar-refractivity contribution is 5.87. The smallest absolute Gasteiger partial charge is 0.259 e. The highest BCUT2D eigenvalue weighted by Crippen LogP contribution is 2.15. The molecular weight excluding hydrogens is 402 g/mol. The van der Waals surface area contributed by atoms with Gasteiger partial charge in [0.25, 0.3) is 5.91 Å². The number of unbranched alkanes of at least 4 members (excludes halogenated alkanes) is 10. The van der Waals surface area contributed by atoms with E-state index in [1.54, 1.807) is 6.08 Å². The topological polar surface area (TPSA) is 79.8 Å². The maximum Gasteiger partial charge on any atom is 0.259 e. The first-order valence-electron chi connectivity index (χ1n) is 12.1. The van der Waals surface area contributed by atoms with Crippen molar-refractivity contribution in [2.75, 3.05) is 13.2 Å². The molecule has 6 heteroatoms.